The maximum atomic E-state index is 12.1. The van der Waals surface area contributed by atoms with Gasteiger partial charge in [-0.2, -0.15) is 0 Å². The van der Waals surface area contributed by atoms with E-state index in [2.05, 4.69) is 10.0 Å². The van der Waals surface area contributed by atoms with Gasteiger partial charge in [0.1, 0.15) is 18.5 Å². The van der Waals surface area contributed by atoms with Gasteiger partial charge in [0, 0.05) is 19.6 Å². The van der Waals surface area contributed by atoms with Crippen LogP contribution in [-0.4, -0.2) is 45.9 Å². The molecule has 0 amide bonds. The number of para-hydroxylation sites is 1. The van der Waals surface area contributed by atoms with E-state index >= 15 is 0 Å². The standard InChI is InChI=1S/C18H24N2O4S/c1-15-7-9-18(10-8-15)25(22,23)20-12-11-19-13-16(21)14-24-17-5-3-2-4-6-17/h2-10,16,19-21H,11-14H2,1H3. The third kappa shape index (κ3) is 6.83. The summed E-state index contributed by atoms with van der Waals surface area (Å²) in [5.74, 6) is 0.701. The number of ether oxygens (including phenoxy) is 1. The second-order valence-corrected chi connectivity index (χ2v) is 7.46. The van der Waals surface area contributed by atoms with Crippen molar-refractivity contribution in [2.24, 2.45) is 0 Å². The summed E-state index contributed by atoms with van der Waals surface area (Å²) in [7, 11) is -3.50. The van der Waals surface area contributed by atoms with Gasteiger partial charge in [-0.3, -0.25) is 0 Å². The van der Waals surface area contributed by atoms with Gasteiger partial charge >= 0.3 is 0 Å². The number of aryl methyl sites for hydroxylation is 1. The number of hydrogen-bond donors (Lipinski definition) is 3. The lowest BCUT2D eigenvalue weighted by atomic mass is 10.2. The van der Waals surface area contributed by atoms with Gasteiger partial charge in [0.05, 0.1) is 4.90 Å². The summed E-state index contributed by atoms with van der Waals surface area (Å²) >= 11 is 0. The maximum absolute atomic E-state index is 12.1. The van der Waals surface area contributed by atoms with Crippen molar-refractivity contribution in [3.05, 3.63) is 60.2 Å². The number of sulfonamides is 1. The molecule has 0 radical (unpaired) electrons. The van der Waals surface area contributed by atoms with Crippen LogP contribution < -0.4 is 14.8 Å². The Bertz CT molecular complexity index is 733. The molecule has 0 aliphatic heterocycles. The molecular weight excluding hydrogens is 340 g/mol. The highest BCUT2D eigenvalue weighted by atomic mass is 32.2. The zero-order chi connectivity index (χ0) is 18.1. The number of rotatable bonds is 10. The molecule has 2 rings (SSSR count). The Balaban J connectivity index is 1.63. The molecule has 7 heteroatoms. The quantitative estimate of drug-likeness (QED) is 0.553. The molecule has 0 heterocycles. The Morgan fingerprint density at radius 3 is 2.40 bits per heavy atom. The average Bonchev–Trinajstić information content (AvgIpc) is 2.61. The third-order valence-electron chi connectivity index (χ3n) is 3.49. The van der Waals surface area contributed by atoms with Gasteiger partial charge < -0.3 is 15.2 Å². The Morgan fingerprint density at radius 1 is 1.04 bits per heavy atom. The van der Waals surface area contributed by atoms with E-state index in [9.17, 15) is 13.5 Å². The first-order valence-corrected chi connectivity index (χ1v) is 9.58. The average molecular weight is 364 g/mol. The zero-order valence-corrected chi connectivity index (χ0v) is 15.0. The topological polar surface area (TPSA) is 87.7 Å². The van der Waals surface area contributed by atoms with Gasteiger partial charge in [0.2, 0.25) is 10.0 Å². The zero-order valence-electron chi connectivity index (χ0n) is 14.2. The summed E-state index contributed by atoms with van der Waals surface area (Å²) < 4.78 is 32.2. The molecular formula is C18H24N2O4S. The Labute approximate surface area is 148 Å². The molecule has 0 fully saturated rings. The number of hydrogen-bond acceptors (Lipinski definition) is 5. The molecule has 0 spiro atoms. The van der Waals surface area contributed by atoms with E-state index in [4.69, 9.17) is 4.74 Å². The van der Waals surface area contributed by atoms with Crippen LogP contribution in [-0.2, 0) is 10.0 Å². The molecule has 1 unspecified atom stereocenters. The van der Waals surface area contributed by atoms with Crippen molar-refractivity contribution in [2.45, 2.75) is 17.9 Å². The van der Waals surface area contributed by atoms with Crippen molar-refractivity contribution in [1.82, 2.24) is 10.0 Å². The third-order valence-corrected chi connectivity index (χ3v) is 4.97. The van der Waals surface area contributed by atoms with E-state index < -0.39 is 16.1 Å². The fourth-order valence-corrected chi connectivity index (χ4v) is 3.14. The smallest absolute Gasteiger partial charge is 0.240 e. The highest BCUT2D eigenvalue weighted by Crippen LogP contribution is 2.09. The summed E-state index contributed by atoms with van der Waals surface area (Å²) in [6, 6.07) is 15.9. The summed E-state index contributed by atoms with van der Waals surface area (Å²) in [6.45, 7) is 3.04. The number of benzene rings is 2. The first-order valence-electron chi connectivity index (χ1n) is 8.10. The van der Waals surface area contributed by atoms with E-state index in [1.165, 1.54) is 0 Å². The fourth-order valence-electron chi connectivity index (χ4n) is 2.11. The molecule has 1 atom stereocenters. The van der Waals surface area contributed by atoms with Crippen molar-refractivity contribution < 1.29 is 18.3 Å². The van der Waals surface area contributed by atoms with E-state index in [1.807, 2.05) is 37.3 Å². The van der Waals surface area contributed by atoms with E-state index in [-0.39, 0.29) is 18.0 Å². The monoisotopic (exact) mass is 364 g/mol. The number of aliphatic hydroxyl groups is 1. The maximum Gasteiger partial charge on any atom is 0.240 e. The molecule has 0 bridgehead atoms. The molecule has 6 nitrogen and oxygen atoms in total. The van der Waals surface area contributed by atoms with Gasteiger partial charge in [-0.05, 0) is 31.2 Å². The minimum Gasteiger partial charge on any atom is -0.491 e. The summed E-state index contributed by atoms with van der Waals surface area (Å²) in [5, 5.41) is 12.8. The van der Waals surface area contributed by atoms with Crippen LogP contribution in [0.15, 0.2) is 59.5 Å². The summed E-state index contributed by atoms with van der Waals surface area (Å²) in [4.78, 5) is 0.245. The largest absolute Gasteiger partial charge is 0.491 e. The van der Waals surface area contributed by atoms with Crippen LogP contribution in [0, 0.1) is 6.92 Å². The lowest BCUT2D eigenvalue weighted by Crippen LogP contribution is -2.37. The predicted molar refractivity (Wildman–Crippen MR) is 97.2 cm³/mol. The van der Waals surface area contributed by atoms with E-state index in [0.717, 1.165) is 5.56 Å². The molecule has 0 aliphatic carbocycles. The van der Waals surface area contributed by atoms with Crippen LogP contribution in [0.1, 0.15) is 5.56 Å². The Morgan fingerprint density at radius 2 is 1.72 bits per heavy atom. The van der Waals surface area contributed by atoms with E-state index in [0.29, 0.717) is 18.8 Å². The molecule has 2 aromatic rings. The van der Waals surface area contributed by atoms with Gasteiger partial charge in [0.15, 0.2) is 0 Å². The van der Waals surface area contributed by atoms with E-state index in [1.54, 1.807) is 24.3 Å². The second kappa shape index (κ2) is 9.53. The van der Waals surface area contributed by atoms with Crippen LogP contribution in [0.25, 0.3) is 0 Å². The lowest BCUT2D eigenvalue weighted by Gasteiger charge is -2.13. The summed E-state index contributed by atoms with van der Waals surface area (Å²) in [5.41, 5.74) is 1.01. The molecule has 136 valence electrons. The number of nitrogens with one attached hydrogen (secondary N) is 2. The van der Waals surface area contributed by atoms with Gasteiger partial charge in [-0.25, -0.2) is 13.1 Å². The Kier molecular flexibility index (Phi) is 7.39. The number of aliphatic hydroxyl groups excluding tert-OH is 1. The van der Waals surface area contributed by atoms with Crippen molar-refractivity contribution >= 4 is 10.0 Å². The first-order chi connectivity index (χ1) is 12.0. The molecule has 0 saturated carbocycles. The molecule has 0 aliphatic rings. The Hall–Kier alpha value is -1.93. The molecule has 0 saturated heterocycles. The van der Waals surface area contributed by atoms with Crippen LogP contribution in [0.4, 0.5) is 0 Å². The highest BCUT2D eigenvalue weighted by Gasteiger charge is 2.12. The van der Waals surface area contributed by atoms with Crippen molar-refractivity contribution in [2.75, 3.05) is 26.2 Å². The lowest BCUT2D eigenvalue weighted by molar-refractivity contribution is 0.107. The molecule has 0 aromatic heterocycles. The van der Waals surface area contributed by atoms with Gasteiger partial charge in [-0.15, -0.1) is 0 Å². The van der Waals surface area contributed by atoms with Crippen LogP contribution in [0.2, 0.25) is 0 Å². The minimum atomic E-state index is -3.50. The highest BCUT2D eigenvalue weighted by molar-refractivity contribution is 7.89. The minimum absolute atomic E-state index is 0.173. The van der Waals surface area contributed by atoms with Gasteiger partial charge in [0.25, 0.3) is 0 Å². The SMILES string of the molecule is Cc1ccc(S(=O)(=O)NCCNCC(O)COc2ccccc2)cc1. The van der Waals surface area contributed by atoms with Gasteiger partial charge in [-0.1, -0.05) is 35.9 Å². The van der Waals surface area contributed by atoms with Crippen LogP contribution >= 0.6 is 0 Å². The second-order valence-electron chi connectivity index (χ2n) is 5.69. The normalized spacial score (nSPS) is 12.7. The fraction of sp³-hybridized carbons (Fsp3) is 0.333. The molecule has 2 aromatic carbocycles. The van der Waals surface area contributed by atoms with Crippen molar-refractivity contribution in [3.8, 4) is 5.75 Å². The molecule has 3 N–H and O–H groups in total. The van der Waals surface area contributed by atoms with Crippen molar-refractivity contribution in [1.29, 1.82) is 0 Å². The summed E-state index contributed by atoms with van der Waals surface area (Å²) in [6.07, 6.45) is -0.672. The first kappa shape index (κ1) is 19.4. The molecule has 25 heavy (non-hydrogen) atoms. The van der Waals surface area contributed by atoms with Crippen LogP contribution in [0.3, 0.4) is 0 Å². The predicted octanol–water partition coefficient (Wildman–Crippen LogP) is 1.30. The van der Waals surface area contributed by atoms with Crippen LogP contribution in [0.5, 0.6) is 5.75 Å². The van der Waals surface area contributed by atoms with Crippen molar-refractivity contribution in [3.63, 3.8) is 0 Å².